The number of rotatable bonds is 5. The van der Waals surface area contributed by atoms with Crippen molar-refractivity contribution in [2.24, 2.45) is 5.92 Å². The van der Waals surface area contributed by atoms with Crippen molar-refractivity contribution in [1.82, 2.24) is 5.32 Å². The highest BCUT2D eigenvalue weighted by Gasteiger charge is 2.20. The summed E-state index contributed by atoms with van der Waals surface area (Å²) in [7, 11) is 0. The zero-order chi connectivity index (χ0) is 14.0. The van der Waals surface area contributed by atoms with E-state index in [2.05, 4.69) is 26.1 Å². The quantitative estimate of drug-likeness (QED) is 0.867. The van der Waals surface area contributed by atoms with Gasteiger partial charge in [-0.2, -0.15) is 0 Å². The predicted octanol–water partition coefficient (Wildman–Crippen LogP) is 3.27. The monoisotopic (exact) mass is 261 g/mol. The van der Waals surface area contributed by atoms with Crippen molar-refractivity contribution in [3.63, 3.8) is 0 Å². The maximum Gasteiger partial charge on any atom is 0.372 e. The van der Waals surface area contributed by atoms with E-state index >= 15 is 0 Å². The minimum absolute atomic E-state index is 0.0321. The van der Waals surface area contributed by atoms with Gasteiger partial charge in [-0.15, -0.1) is 0 Å². The molecular weight excluding hydrogens is 242 g/mol. The van der Waals surface area contributed by atoms with E-state index in [0.717, 1.165) is 10.9 Å². The zero-order valence-corrected chi connectivity index (χ0v) is 11.4. The van der Waals surface area contributed by atoms with E-state index in [0.29, 0.717) is 24.1 Å². The summed E-state index contributed by atoms with van der Waals surface area (Å²) >= 11 is 0. The van der Waals surface area contributed by atoms with Crippen LogP contribution >= 0.6 is 0 Å². The fourth-order valence-electron chi connectivity index (χ4n) is 1.95. The first-order valence-corrected chi connectivity index (χ1v) is 6.47. The van der Waals surface area contributed by atoms with Crippen molar-refractivity contribution >= 4 is 16.9 Å². The van der Waals surface area contributed by atoms with Gasteiger partial charge in [-0.3, -0.25) is 0 Å². The van der Waals surface area contributed by atoms with Crippen molar-refractivity contribution in [2.45, 2.75) is 33.4 Å². The molecule has 4 heteroatoms. The molecule has 0 aliphatic heterocycles. The summed E-state index contributed by atoms with van der Waals surface area (Å²) < 4.78 is 5.41. The third-order valence-corrected chi connectivity index (χ3v) is 3.49. The molecule has 102 valence electrons. The van der Waals surface area contributed by atoms with Gasteiger partial charge in [-0.1, -0.05) is 32.0 Å². The number of benzene rings is 1. The van der Waals surface area contributed by atoms with E-state index < -0.39 is 5.97 Å². The second-order valence-corrected chi connectivity index (χ2v) is 5.12. The first-order chi connectivity index (χ1) is 9.00. The summed E-state index contributed by atoms with van der Waals surface area (Å²) in [4.78, 5) is 11.2. The number of para-hydroxylation sites is 1. The molecule has 2 rings (SSSR count). The number of aromatic carboxylic acids is 1. The number of hydrogen-bond acceptors (Lipinski definition) is 3. The molecule has 4 nitrogen and oxygen atoms in total. The Morgan fingerprint density at radius 2 is 2.00 bits per heavy atom. The molecule has 2 N–H and O–H groups in total. The van der Waals surface area contributed by atoms with E-state index in [1.807, 2.05) is 18.2 Å². The Bertz CT molecular complexity index is 586. The molecule has 1 unspecified atom stereocenters. The number of fused-ring (bicyclic) bond motifs is 1. The molecule has 0 saturated heterocycles. The summed E-state index contributed by atoms with van der Waals surface area (Å²) in [5.41, 5.74) is 1.34. The van der Waals surface area contributed by atoms with Crippen LogP contribution in [0, 0.1) is 5.92 Å². The normalized spacial score (nSPS) is 13.1. The average molecular weight is 261 g/mol. The molecule has 0 amide bonds. The largest absolute Gasteiger partial charge is 0.475 e. The molecule has 1 heterocycles. The predicted molar refractivity (Wildman–Crippen MR) is 74.3 cm³/mol. The van der Waals surface area contributed by atoms with Crippen LogP contribution in [0.2, 0.25) is 0 Å². The number of nitrogens with one attached hydrogen (secondary N) is 1. The molecule has 2 aromatic rings. The lowest BCUT2D eigenvalue weighted by Crippen LogP contribution is -2.30. The van der Waals surface area contributed by atoms with Crippen molar-refractivity contribution < 1.29 is 14.3 Å². The van der Waals surface area contributed by atoms with Crippen LogP contribution in [0.15, 0.2) is 28.7 Å². The first kappa shape index (κ1) is 13.6. The summed E-state index contributed by atoms with van der Waals surface area (Å²) in [6.45, 7) is 6.85. The van der Waals surface area contributed by atoms with E-state index in [-0.39, 0.29) is 5.76 Å². The van der Waals surface area contributed by atoms with E-state index in [1.54, 1.807) is 6.07 Å². The lowest BCUT2D eigenvalue weighted by atomic mass is 10.1. The number of hydrogen-bond donors (Lipinski definition) is 2. The van der Waals surface area contributed by atoms with Crippen molar-refractivity contribution in [1.29, 1.82) is 0 Å². The van der Waals surface area contributed by atoms with Crippen LogP contribution in [0.3, 0.4) is 0 Å². The van der Waals surface area contributed by atoms with Gasteiger partial charge in [0.15, 0.2) is 0 Å². The lowest BCUT2D eigenvalue weighted by molar-refractivity contribution is 0.0663. The Kier molecular flexibility index (Phi) is 3.90. The van der Waals surface area contributed by atoms with Gasteiger partial charge in [0.2, 0.25) is 5.76 Å². The Hall–Kier alpha value is -1.81. The highest BCUT2D eigenvalue weighted by molar-refractivity contribution is 5.95. The number of carbonyl (C=O) groups is 1. The van der Waals surface area contributed by atoms with E-state index in [4.69, 9.17) is 4.42 Å². The van der Waals surface area contributed by atoms with Gasteiger partial charge >= 0.3 is 5.97 Å². The summed E-state index contributed by atoms with van der Waals surface area (Å²) in [6.07, 6.45) is 0. The summed E-state index contributed by atoms with van der Waals surface area (Å²) in [5.74, 6) is -0.499. The van der Waals surface area contributed by atoms with Crippen LogP contribution < -0.4 is 5.32 Å². The molecular formula is C15H19NO3. The molecule has 0 bridgehead atoms. The van der Waals surface area contributed by atoms with Crippen LogP contribution in [-0.4, -0.2) is 17.1 Å². The summed E-state index contributed by atoms with van der Waals surface area (Å²) in [5, 5.41) is 13.4. The first-order valence-electron chi connectivity index (χ1n) is 6.47. The maximum absolute atomic E-state index is 11.2. The highest BCUT2D eigenvalue weighted by atomic mass is 16.4. The van der Waals surface area contributed by atoms with Gasteiger partial charge < -0.3 is 14.8 Å². The van der Waals surface area contributed by atoms with Crippen LogP contribution in [0.4, 0.5) is 0 Å². The minimum Gasteiger partial charge on any atom is -0.475 e. The average Bonchev–Trinajstić information content (AvgIpc) is 2.74. The van der Waals surface area contributed by atoms with Crippen LogP contribution in [0.1, 0.15) is 36.9 Å². The topological polar surface area (TPSA) is 62.5 Å². The zero-order valence-electron chi connectivity index (χ0n) is 11.4. The molecule has 0 aliphatic carbocycles. The molecule has 0 radical (unpaired) electrons. The van der Waals surface area contributed by atoms with Crippen molar-refractivity contribution in [3.05, 3.63) is 35.6 Å². The molecule has 1 aromatic heterocycles. The molecule has 0 aliphatic rings. The number of carboxylic acids is 1. The molecule has 1 aromatic carbocycles. The van der Waals surface area contributed by atoms with Crippen LogP contribution in [0.5, 0.6) is 0 Å². The fraction of sp³-hybridized carbons (Fsp3) is 0.400. The number of carboxylic acid groups (broad SMARTS) is 1. The van der Waals surface area contributed by atoms with Crippen molar-refractivity contribution in [2.75, 3.05) is 0 Å². The Labute approximate surface area is 112 Å². The SMILES string of the molecule is CC(C)C(C)NCc1c(C(=O)O)oc2ccccc12. The third kappa shape index (κ3) is 2.79. The van der Waals surface area contributed by atoms with Gasteiger partial charge in [-0.25, -0.2) is 4.79 Å². The Balaban J connectivity index is 2.34. The Morgan fingerprint density at radius 3 is 2.63 bits per heavy atom. The molecule has 0 spiro atoms. The van der Waals surface area contributed by atoms with Gasteiger partial charge in [0.1, 0.15) is 5.58 Å². The third-order valence-electron chi connectivity index (χ3n) is 3.49. The standard InChI is InChI=1S/C15H19NO3/c1-9(2)10(3)16-8-12-11-6-4-5-7-13(11)19-14(12)15(17)18/h4-7,9-10,16H,8H2,1-3H3,(H,17,18). The van der Waals surface area contributed by atoms with Gasteiger partial charge in [0.05, 0.1) is 0 Å². The van der Waals surface area contributed by atoms with E-state index in [1.165, 1.54) is 0 Å². The fourth-order valence-corrected chi connectivity index (χ4v) is 1.95. The molecule has 1 atom stereocenters. The second kappa shape index (κ2) is 5.45. The molecule has 0 fully saturated rings. The number of furan rings is 1. The van der Waals surface area contributed by atoms with Crippen LogP contribution in [-0.2, 0) is 6.54 Å². The highest BCUT2D eigenvalue weighted by Crippen LogP contribution is 2.26. The molecule has 0 saturated carbocycles. The maximum atomic E-state index is 11.2. The second-order valence-electron chi connectivity index (χ2n) is 5.12. The van der Waals surface area contributed by atoms with Gasteiger partial charge in [0, 0.05) is 23.5 Å². The lowest BCUT2D eigenvalue weighted by Gasteiger charge is -2.17. The van der Waals surface area contributed by atoms with Crippen molar-refractivity contribution in [3.8, 4) is 0 Å². The van der Waals surface area contributed by atoms with Gasteiger partial charge in [0.25, 0.3) is 0 Å². The molecule has 19 heavy (non-hydrogen) atoms. The van der Waals surface area contributed by atoms with Gasteiger partial charge in [-0.05, 0) is 18.9 Å². The minimum atomic E-state index is -1.02. The van der Waals surface area contributed by atoms with E-state index in [9.17, 15) is 9.90 Å². The smallest absolute Gasteiger partial charge is 0.372 e. The Morgan fingerprint density at radius 1 is 1.32 bits per heavy atom. The summed E-state index contributed by atoms with van der Waals surface area (Å²) in [6, 6.07) is 7.72. The van der Waals surface area contributed by atoms with Crippen LogP contribution in [0.25, 0.3) is 11.0 Å².